The molecule has 0 spiro atoms. The van der Waals surface area contributed by atoms with Crippen LogP contribution in [0.3, 0.4) is 0 Å². The molecule has 0 saturated heterocycles. The number of nitriles is 1. The molecule has 164 valence electrons. The fraction of sp³-hybridized carbons (Fsp3) is 0.174. The average molecular weight is 440 g/mol. The summed E-state index contributed by atoms with van der Waals surface area (Å²) in [6, 6.07) is 12.2. The van der Waals surface area contributed by atoms with Crippen molar-refractivity contribution in [1.29, 1.82) is 5.26 Å². The lowest BCUT2D eigenvalue weighted by molar-refractivity contribution is 0.0997. The highest BCUT2D eigenvalue weighted by Crippen LogP contribution is 2.31. The molecule has 10 nitrogen and oxygen atoms in total. The summed E-state index contributed by atoms with van der Waals surface area (Å²) in [6.45, 7) is 3.01. The van der Waals surface area contributed by atoms with Gasteiger partial charge in [0, 0.05) is 23.2 Å². The molecule has 10 heteroatoms. The van der Waals surface area contributed by atoms with Crippen LogP contribution in [0.2, 0.25) is 0 Å². The standard InChI is InChI=1S/C23H20N8O2/c1-13-8-15(9-16-11-26-28-20(13)16)21-19(22(25)32)18-12-30(6-7-31(18)29-21)23(33)27-17-4-2-14(10-24)3-5-17/h2-5,8-9,11H,6-7,12H2,1H3,(H2,25,32)(H,26,28)(H,27,33). The zero-order valence-corrected chi connectivity index (χ0v) is 17.8. The topological polar surface area (TPSA) is 146 Å². The van der Waals surface area contributed by atoms with Crippen LogP contribution >= 0.6 is 0 Å². The first-order valence-corrected chi connectivity index (χ1v) is 10.3. The lowest BCUT2D eigenvalue weighted by Gasteiger charge is -2.28. The van der Waals surface area contributed by atoms with E-state index in [9.17, 15) is 9.59 Å². The highest BCUT2D eigenvalue weighted by atomic mass is 16.2. The van der Waals surface area contributed by atoms with Gasteiger partial charge >= 0.3 is 6.03 Å². The van der Waals surface area contributed by atoms with Gasteiger partial charge in [-0.15, -0.1) is 0 Å². The Balaban J connectivity index is 1.46. The number of hydrogen-bond acceptors (Lipinski definition) is 5. The number of hydrogen-bond donors (Lipinski definition) is 3. The van der Waals surface area contributed by atoms with E-state index in [4.69, 9.17) is 11.0 Å². The molecular weight excluding hydrogens is 420 g/mol. The van der Waals surface area contributed by atoms with Gasteiger partial charge in [0.1, 0.15) is 5.69 Å². The maximum absolute atomic E-state index is 12.8. The Morgan fingerprint density at radius 1 is 1.21 bits per heavy atom. The first-order chi connectivity index (χ1) is 15.9. The summed E-state index contributed by atoms with van der Waals surface area (Å²) in [6.07, 6.45) is 1.72. The van der Waals surface area contributed by atoms with Gasteiger partial charge in [-0.1, -0.05) is 0 Å². The van der Waals surface area contributed by atoms with Crippen molar-refractivity contribution in [2.75, 3.05) is 11.9 Å². The van der Waals surface area contributed by atoms with E-state index in [0.29, 0.717) is 41.3 Å². The number of rotatable bonds is 3. The molecule has 0 saturated carbocycles. The van der Waals surface area contributed by atoms with Crippen LogP contribution in [-0.2, 0) is 13.1 Å². The van der Waals surface area contributed by atoms with Crippen LogP contribution in [0.5, 0.6) is 0 Å². The predicted molar refractivity (Wildman–Crippen MR) is 121 cm³/mol. The monoisotopic (exact) mass is 440 g/mol. The Bertz CT molecular complexity index is 1440. The number of aromatic nitrogens is 4. The van der Waals surface area contributed by atoms with Gasteiger partial charge in [0.15, 0.2) is 0 Å². The summed E-state index contributed by atoms with van der Waals surface area (Å²) in [5.74, 6) is -0.592. The van der Waals surface area contributed by atoms with Crippen molar-refractivity contribution in [2.45, 2.75) is 20.0 Å². The number of nitrogens with zero attached hydrogens (tertiary/aromatic N) is 5. The van der Waals surface area contributed by atoms with Gasteiger partial charge in [0.2, 0.25) is 0 Å². The molecule has 0 aliphatic carbocycles. The summed E-state index contributed by atoms with van der Waals surface area (Å²) in [7, 11) is 0. The first kappa shape index (κ1) is 20.3. The second-order valence-electron chi connectivity index (χ2n) is 7.93. The highest BCUT2D eigenvalue weighted by Gasteiger charge is 2.30. The number of nitrogens with two attached hydrogens (primary N) is 1. The molecule has 5 rings (SSSR count). The molecule has 0 atom stereocenters. The van der Waals surface area contributed by atoms with Gasteiger partial charge in [0.25, 0.3) is 5.91 Å². The van der Waals surface area contributed by atoms with Crippen LogP contribution in [-0.4, -0.2) is 43.4 Å². The number of amides is 3. The summed E-state index contributed by atoms with van der Waals surface area (Å²) >= 11 is 0. The molecule has 4 N–H and O–H groups in total. The van der Waals surface area contributed by atoms with Gasteiger partial charge < -0.3 is 16.0 Å². The Morgan fingerprint density at radius 2 is 2.00 bits per heavy atom. The molecule has 0 bridgehead atoms. The van der Waals surface area contributed by atoms with Crippen molar-refractivity contribution >= 4 is 28.5 Å². The molecule has 0 radical (unpaired) electrons. The average Bonchev–Trinajstić information content (AvgIpc) is 3.44. The number of H-pyrrole nitrogens is 1. The molecule has 3 heterocycles. The van der Waals surface area contributed by atoms with Gasteiger partial charge in [0.05, 0.1) is 47.7 Å². The van der Waals surface area contributed by atoms with Gasteiger partial charge in [-0.3, -0.25) is 14.6 Å². The van der Waals surface area contributed by atoms with Crippen molar-refractivity contribution < 1.29 is 9.59 Å². The lowest BCUT2D eigenvalue weighted by atomic mass is 10.0. The molecule has 1 aliphatic heterocycles. The minimum absolute atomic E-state index is 0.195. The van der Waals surface area contributed by atoms with E-state index in [1.165, 1.54) is 0 Å². The molecule has 33 heavy (non-hydrogen) atoms. The van der Waals surface area contributed by atoms with E-state index < -0.39 is 5.91 Å². The van der Waals surface area contributed by atoms with E-state index in [-0.39, 0.29) is 12.6 Å². The minimum Gasteiger partial charge on any atom is -0.365 e. The third-order valence-electron chi connectivity index (χ3n) is 5.80. The molecule has 0 fully saturated rings. The maximum atomic E-state index is 12.8. The Kier molecular flexibility index (Phi) is 4.79. The van der Waals surface area contributed by atoms with Crippen LogP contribution in [0.25, 0.3) is 22.2 Å². The number of benzene rings is 2. The number of anilines is 1. The number of carbonyl (C=O) groups is 2. The van der Waals surface area contributed by atoms with Crippen LogP contribution in [0.1, 0.15) is 27.2 Å². The molecule has 2 aromatic heterocycles. The second-order valence-corrected chi connectivity index (χ2v) is 7.93. The van der Waals surface area contributed by atoms with Crippen LogP contribution in [0.4, 0.5) is 10.5 Å². The summed E-state index contributed by atoms with van der Waals surface area (Å²) in [5, 5.41) is 24.4. The van der Waals surface area contributed by atoms with E-state index >= 15 is 0 Å². The Morgan fingerprint density at radius 3 is 2.73 bits per heavy atom. The number of aryl methyl sites for hydroxylation is 1. The first-order valence-electron chi connectivity index (χ1n) is 10.3. The van der Waals surface area contributed by atoms with Crippen molar-refractivity contribution in [1.82, 2.24) is 24.9 Å². The largest absolute Gasteiger partial charge is 0.365 e. The number of urea groups is 1. The van der Waals surface area contributed by atoms with E-state index in [2.05, 4.69) is 20.6 Å². The van der Waals surface area contributed by atoms with Crippen molar-refractivity contribution in [3.63, 3.8) is 0 Å². The Labute approximate surface area is 188 Å². The fourth-order valence-corrected chi connectivity index (χ4v) is 4.15. The maximum Gasteiger partial charge on any atom is 0.322 e. The lowest BCUT2D eigenvalue weighted by Crippen LogP contribution is -2.41. The van der Waals surface area contributed by atoms with Crippen LogP contribution < -0.4 is 11.1 Å². The number of primary amides is 1. The molecule has 3 amide bonds. The summed E-state index contributed by atoms with van der Waals surface area (Å²) in [5.41, 5.74) is 10.9. The zero-order chi connectivity index (χ0) is 23.1. The third kappa shape index (κ3) is 3.55. The third-order valence-corrected chi connectivity index (χ3v) is 5.80. The van der Waals surface area contributed by atoms with Crippen molar-refractivity contribution in [3.05, 3.63) is 65.0 Å². The SMILES string of the molecule is Cc1cc(-c2nn3c(c2C(N)=O)CN(C(=O)Nc2ccc(C#N)cc2)CC3)cc2cn[nH]c12. The highest BCUT2D eigenvalue weighted by molar-refractivity contribution is 6.01. The summed E-state index contributed by atoms with van der Waals surface area (Å²) < 4.78 is 1.75. The van der Waals surface area contributed by atoms with Gasteiger partial charge in [-0.25, -0.2) is 4.79 Å². The normalized spacial score (nSPS) is 12.9. The summed E-state index contributed by atoms with van der Waals surface area (Å²) in [4.78, 5) is 26.9. The molecule has 4 aromatic rings. The van der Waals surface area contributed by atoms with Gasteiger partial charge in [-0.05, 0) is 48.9 Å². The van der Waals surface area contributed by atoms with E-state index in [0.717, 1.165) is 22.0 Å². The van der Waals surface area contributed by atoms with E-state index in [1.807, 2.05) is 25.1 Å². The number of aromatic amines is 1. The quantitative estimate of drug-likeness (QED) is 0.448. The molecule has 0 unspecified atom stereocenters. The van der Waals surface area contributed by atoms with Crippen LogP contribution in [0, 0.1) is 18.3 Å². The van der Waals surface area contributed by atoms with Crippen molar-refractivity contribution in [3.8, 4) is 17.3 Å². The molecule has 1 aliphatic rings. The van der Waals surface area contributed by atoms with Gasteiger partial charge in [-0.2, -0.15) is 15.5 Å². The molecular formula is C23H20N8O2. The zero-order valence-electron chi connectivity index (χ0n) is 17.8. The van der Waals surface area contributed by atoms with Crippen molar-refractivity contribution in [2.24, 2.45) is 5.73 Å². The Hall–Kier alpha value is -4.65. The number of nitrogens with one attached hydrogen (secondary N) is 2. The van der Waals surface area contributed by atoms with E-state index in [1.54, 1.807) is 40.0 Å². The second kappa shape index (κ2) is 7.80. The smallest absolute Gasteiger partial charge is 0.322 e. The number of carbonyl (C=O) groups excluding carboxylic acids is 2. The van der Waals surface area contributed by atoms with Crippen LogP contribution in [0.15, 0.2) is 42.6 Å². The minimum atomic E-state index is -0.592. The molecule has 2 aromatic carbocycles. The number of fused-ring (bicyclic) bond motifs is 2. The fourth-order valence-electron chi connectivity index (χ4n) is 4.15. The predicted octanol–water partition coefficient (Wildman–Crippen LogP) is 2.75.